The molecule has 0 unspecified atom stereocenters. The molecule has 0 amide bonds. The molecule has 0 aliphatic heterocycles. The fraction of sp³-hybridized carbons (Fsp3) is 0.700. The highest BCUT2D eigenvalue weighted by atomic mass is 14.0. The molecule has 0 rings (SSSR count). The molecule has 0 heteroatoms. The first-order valence-electron chi connectivity index (χ1n) is 4.22. The first-order chi connectivity index (χ1) is 4.72. The molecule has 0 saturated heterocycles. The maximum atomic E-state index is 3.99. The zero-order valence-corrected chi connectivity index (χ0v) is 7.54. The van der Waals surface area contributed by atoms with Crippen LogP contribution in [-0.2, 0) is 0 Å². The maximum Gasteiger partial charge on any atom is -0.0280 e. The van der Waals surface area contributed by atoms with Crippen LogP contribution in [0.1, 0.15) is 46.5 Å². The van der Waals surface area contributed by atoms with E-state index in [-0.39, 0.29) is 0 Å². The van der Waals surface area contributed by atoms with E-state index in [2.05, 4.69) is 27.7 Å². The van der Waals surface area contributed by atoms with E-state index >= 15 is 0 Å². The van der Waals surface area contributed by atoms with Crippen molar-refractivity contribution in [2.24, 2.45) is 0 Å². The lowest BCUT2D eigenvalue weighted by atomic mass is 10.0. The van der Waals surface area contributed by atoms with E-state index in [1.165, 1.54) is 30.4 Å². The molecule has 0 saturated carbocycles. The number of hydrogen-bond donors (Lipinski definition) is 0. The van der Waals surface area contributed by atoms with Gasteiger partial charge in [-0.25, -0.2) is 0 Å². The van der Waals surface area contributed by atoms with Gasteiger partial charge >= 0.3 is 0 Å². The minimum atomic E-state index is 1.11. The predicted molar refractivity (Wildman–Crippen MR) is 47.9 cm³/mol. The molecular formula is C10H19. The molecule has 0 aromatic carbocycles. The summed E-state index contributed by atoms with van der Waals surface area (Å²) >= 11 is 0. The molecular weight excluding hydrogens is 120 g/mol. The van der Waals surface area contributed by atoms with Crippen molar-refractivity contribution in [1.82, 2.24) is 0 Å². The predicted octanol–water partition coefficient (Wildman–Crippen LogP) is 3.74. The van der Waals surface area contributed by atoms with Gasteiger partial charge in [-0.15, -0.1) is 0 Å². The van der Waals surface area contributed by atoms with Gasteiger partial charge in [-0.2, -0.15) is 0 Å². The fourth-order valence-electron chi connectivity index (χ4n) is 0.920. The molecule has 0 aliphatic carbocycles. The molecule has 0 aromatic rings. The number of rotatable bonds is 4. The van der Waals surface area contributed by atoms with Crippen molar-refractivity contribution < 1.29 is 0 Å². The van der Waals surface area contributed by atoms with Crippen molar-refractivity contribution in [3.8, 4) is 0 Å². The quantitative estimate of drug-likeness (QED) is 0.556. The Kier molecular flexibility index (Phi) is 5.38. The summed E-state index contributed by atoms with van der Waals surface area (Å²) in [4.78, 5) is 0. The highest BCUT2D eigenvalue weighted by Crippen LogP contribution is 2.13. The van der Waals surface area contributed by atoms with Gasteiger partial charge in [-0.05, 0) is 33.1 Å². The van der Waals surface area contributed by atoms with Crippen molar-refractivity contribution in [2.45, 2.75) is 46.5 Å². The average Bonchev–Trinajstić information content (AvgIpc) is 1.98. The highest BCUT2D eigenvalue weighted by molar-refractivity contribution is 5.13. The van der Waals surface area contributed by atoms with Crippen molar-refractivity contribution in [2.75, 3.05) is 0 Å². The number of unbranched alkanes of at least 4 members (excludes halogenated alkanes) is 1. The fourth-order valence-corrected chi connectivity index (χ4v) is 0.920. The largest absolute Gasteiger partial charge is 0.0741 e. The third-order valence-electron chi connectivity index (χ3n) is 1.94. The summed E-state index contributed by atoms with van der Waals surface area (Å²) in [5.74, 6) is 0. The minimum Gasteiger partial charge on any atom is -0.0741 e. The molecule has 0 atom stereocenters. The van der Waals surface area contributed by atoms with Crippen molar-refractivity contribution in [3.63, 3.8) is 0 Å². The van der Waals surface area contributed by atoms with Gasteiger partial charge < -0.3 is 0 Å². The van der Waals surface area contributed by atoms with Crippen LogP contribution in [0.4, 0.5) is 0 Å². The van der Waals surface area contributed by atoms with Crippen LogP contribution in [0.25, 0.3) is 0 Å². The van der Waals surface area contributed by atoms with Gasteiger partial charge in [-0.3, -0.25) is 0 Å². The molecule has 0 N–H and O–H groups in total. The molecule has 1 radical (unpaired) electrons. The second kappa shape index (κ2) is 5.52. The van der Waals surface area contributed by atoms with Crippen LogP contribution in [0.15, 0.2) is 11.1 Å². The molecule has 0 aliphatic rings. The maximum absolute atomic E-state index is 3.99. The Morgan fingerprint density at radius 2 is 1.90 bits per heavy atom. The summed E-state index contributed by atoms with van der Waals surface area (Å²) in [7, 11) is 0. The Balaban J connectivity index is 3.68. The summed E-state index contributed by atoms with van der Waals surface area (Å²) in [6, 6.07) is 0. The Bertz CT molecular complexity index is 109. The van der Waals surface area contributed by atoms with Gasteiger partial charge in [0.1, 0.15) is 0 Å². The average molecular weight is 139 g/mol. The molecule has 0 fully saturated rings. The van der Waals surface area contributed by atoms with E-state index in [1.54, 1.807) is 0 Å². The zero-order chi connectivity index (χ0) is 7.98. The minimum absolute atomic E-state index is 1.11. The molecule has 0 spiro atoms. The Labute approximate surface area is 65.3 Å². The van der Waals surface area contributed by atoms with Gasteiger partial charge in [0, 0.05) is 0 Å². The normalized spacial score (nSPS) is 13.2. The van der Waals surface area contributed by atoms with E-state index in [4.69, 9.17) is 0 Å². The van der Waals surface area contributed by atoms with Crippen LogP contribution in [0.5, 0.6) is 0 Å². The lowest BCUT2D eigenvalue weighted by Gasteiger charge is -2.03. The monoisotopic (exact) mass is 139 g/mol. The molecule has 10 heavy (non-hydrogen) atoms. The van der Waals surface area contributed by atoms with E-state index in [1.807, 2.05) is 0 Å². The van der Waals surface area contributed by atoms with E-state index in [0.717, 1.165) is 6.42 Å². The topological polar surface area (TPSA) is 0 Å². The zero-order valence-electron chi connectivity index (χ0n) is 7.54. The van der Waals surface area contributed by atoms with E-state index in [9.17, 15) is 0 Å². The van der Waals surface area contributed by atoms with Crippen LogP contribution >= 0.6 is 0 Å². The van der Waals surface area contributed by atoms with Crippen LogP contribution in [0.2, 0.25) is 0 Å². The van der Waals surface area contributed by atoms with E-state index in [0.29, 0.717) is 0 Å². The van der Waals surface area contributed by atoms with Crippen LogP contribution in [0, 0.1) is 6.92 Å². The molecule has 59 valence electrons. The number of hydrogen-bond acceptors (Lipinski definition) is 0. The highest BCUT2D eigenvalue weighted by Gasteiger charge is 1.93. The lowest BCUT2D eigenvalue weighted by molar-refractivity contribution is 0.779. The third-order valence-corrected chi connectivity index (χ3v) is 1.94. The summed E-state index contributed by atoms with van der Waals surface area (Å²) in [5, 5.41) is 0. The summed E-state index contributed by atoms with van der Waals surface area (Å²) in [6.45, 7) is 10.6. The van der Waals surface area contributed by atoms with Gasteiger partial charge in [-0.1, -0.05) is 31.4 Å². The first kappa shape index (κ1) is 9.74. The lowest BCUT2D eigenvalue weighted by Crippen LogP contribution is -1.83. The molecule has 0 nitrogen and oxygen atoms in total. The third kappa shape index (κ3) is 3.71. The summed E-state index contributed by atoms with van der Waals surface area (Å²) < 4.78 is 0. The number of allylic oxidation sites excluding steroid dienone is 2. The Morgan fingerprint density at radius 3 is 2.30 bits per heavy atom. The molecule has 0 bridgehead atoms. The summed E-state index contributed by atoms with van der Waals surface area (Å²) in [5.41, 5.74) is 2.82. The van der Waals surface area contributed by atoms with Crippen LogP contribution in [0.3, 0.4) is 0 Å². The van der Waals surface area contributed by atoms with Crippen LogP contribution in [-0.4, -0.2) is 0 Å². The SMILES string of the molecule is [CH2]/C(CC)=C(\C)CCCC. The second-order valence-corrected chi connectivity index (χ2v) is 2.84. The van der Waals surface area contributed by atoms with Gasteiger partial charge in [0.15, 0.2) is 0 Å². The second-order valence-electron chi connectivity index (χ2n) is 2.84. The first-order valence-corrected chi connectivity index (χ1v) is 4.22. The van der Waals surface area contributed by atoms with Gasteiger partial charge in [0.25, 0.3) is 0 Å². The van der Waals surface area contributed by atoms with Gasteiger partial charge in [0.2, 0.25) is 0 Å². The Morgan fingerprint density at radius 1 is 1.30 bits per heavy atom. The van der Waals surface area contributed by atoms with Gasteiger partial charge in [0.05, 0.1) is 0 Å². The molecule has 0 heterocycles. The van der Waals surface area contributed by atoms with Crippen molar-refractivity contribution >= 4 is 0 Å². The van der Waals surface area contributed by atoms with Crippen molar-refractivity contribution in [1.29, 1.82) is 0 Å². The van der Waals surface area contributed by atoms with E-state index < -0.39 is 0 Å². The Hall–Kier alpha value is -0.260. The van der Waals surface area contributed by atoms with Crippen molar-refractivity contribution in [3.05, 3.63) is 18.1 Å². The summed E-state index contributed by atoms with van der Waals surface area (Å²) in [6.07, 6.45) is 4.94. The smallest absolute Gasteiger partial charge is 0.0280 e. The molecule has 0 aromatic heterocycles. The standard InChI is InChI=1S/C10H19/c1-5-7-8-10(4)9(3)6-2/h3,5-8H2,1-2,4H3/b10-9-. The van der Waals surface area contributed by atoms with Crippen LogP contribution < -0.4 is 0 Å².